The van der Waals surface area contributed by atoms with Gasteiger partial charge in [0.25, 0.3) is 0 Å². The predicted molar refractivity (Wildman–Crippen MR) is 83.9 cm³/mol. The average molecular weight is 293 g/mol. The molecule has 0 aliphatic rings. The van der Waals surface area contributed by atoms with Crippen molar-refractivity contribution in [3.05, 3.63) is 65.7 Å². The van der Waals surface area contributed by atoms with Crippen molar-refractivity contribution in [1.29, 1.82) is 5.26 Å². The lowest BCUT2D eigenvalue weighted by molar-refractivity contribution is 0.104. The fraction of sp³-hybridized carbons (Fsp3) is 0.111. The molecule has 22 heavy (non-hydrogen) atoms. The van der Waals surface area contributed by atoms with E-state index in [0.29, 0.717) is 17.1 Å². The normalized spacial score (nSPS) is 10.2. The molecule has 0 unspecified atom stereocenters. The van der Waals surface area contributed by atoms with E-state index >= 15 is 0 Å². The van der Waals surface area contributed by atoms with Gasteiger partial charge in [-0.05, 0) is 42.5 Å². The maximum absolute atomic E-state index is 12.1. The number of ether oxygens (including phenoxy) is 2. The fourth-order valence-electron chi connectivity index (χ4n) is 1.90. The molecule has 0 N–H and O–H groups in total. The van der Waals surface area contributed by atoms with Crippen LogP contribution < -0.4 is 9.47 Å². The van der Waals surface area contributed by atoms with E-state index in [2.05, 4.69) is 0 Å². The van der Waals surface area contributed by atoms with E-state index in [-0.39, 0.29) is 12.4 Å². The van der Waals surface area contributed by atoms with E-state index in [1.807, 2.05) is 30.3 Å². The van der Waals surface area contributed by atoms with Crippen LogP contribution in [-0.2, 0) is 0 Å². The van der Waals surface area contributed by atoms with Crippen LogP contribution in [0.1, 0.15) is 15.9 Å². The molecule has 0 aromatic heterocycles. The summed E-state index contributed by atoms with van der Waals surface area (Å²) in [5.74, 6) is 1.16. The highest BCUT2D eigenvalue weighted by atomic mass is 16.5. The molecule has 0 saturated heterocycles. The largest absolute Gasteiger partial charge is 0.496 e. The van der Waals surface area contributed by atoms with Gasteiger partial charge in [0.05, 0.1) is 7.11 Å². The first-order valence-corrected chi connectivity index (χ1v) is 6.70. The number of ketones is 1. The van der Waals surface area contributed by atoms with Crippen LogP contribution in [0.25, 0.3) is 6.08 Å². The van der Waals surface area contributed by atoms with E-state index in [0.717, 1.165) is 5.56 Å². The number of nitriles is 1. The van der Waals surface area contributed by atoms with Gasteiger partial charge in [-0.2, -0.15) is 5.26 Å². The Balaban J connectivity index is 2.08. The Hall–Kier alpha value is -3.06. The standard InChI is InChI=1S/C18H15NO3/c1-21-18-5-3-2-4-15(18)8-11-17(20)14-6-9-16(10-7-14)22-13-12-19/h2-11H,13H2,1H3/b11-8+. The maximum atomic E-state index is 12.1. The van der Waals surface area contributed by atoms with Gasteiger partial charge >= 0.3 is 0 Å². The minimum Gasteiger partial charge on any atom is -0.496 e. The number of methoxy groups -OCH3 is 1. The highest BCUT2D eigenvalue weighted by Gasteiger charge is 2.03. The van der Waals surface area contributed by atoms with Crippen LogP contribution in [0.15, 0.2) is 54.6 Å². The third kappa shape index (κ3) is 3.97. The first-order valence-electron chi connectivity index (χ1n) is 6.70. The molecule has 0 amide bonds. The van der Waals surface area contributed by atoms with Gasteiger partial charge in [0.15, 0.2) is 12.4 Å². The summed E-state index contributed by atoms with van der Waals surface area (Å²) in [5.41, 5.74) is 1.39. The Morgan fingerprint density at radius 2 is 1.91 bits per heavy atom. The van der Waals surface area contributed by atoms with Crippen molar-refractivity contribution < 1.29 is 14.3 Å². The van der Waals surface area contributed by atoms with Crippen molar-refractivity contribution in [1.82, 2.24) is 0 Å². The van der Waals surface area contributed by atoms with Crippen LogP contribution in [-0.4, -0.2) is 19.5 Å². The van der Waals surface area contributed by atoms with Crippen LogP contribution >= 0.6 is 0 Å². The van der Waals surface area contributed by atoms with Gasteiger partial charge in [-0.25, -0.2) is 0 Å². The van der Waals surface area contributed by atoms with E-state index < -0.39 is 0 Å². The molecule has 0 aliphatic carbocycles. The van der Waals surface area contributed by atoms with Crippen molar-refractivity contribution in [2.45, 2.75) is 0 Å². The van der Waals surface area contributed by atoms with Gasteiger partial charge in [-0.1, -0.05) is 18.2 Å². The number of para-hydroxylation sites is 1. The molecule has 0 aliphatic heterocycles. The number of hydrogen-bond donors (Lipinski definition) is 0. The van der Waals surface area contributed by atoms with E-state index in [4.69, 9.17) is 14.7 Å². The second-order valence-corrected chi connectivity index (χ2v) is 4.41. The van der Waals surface area contributed by atoms with E-state index in [1.165, 1.54) is 6.08 Å². The summed E-state index contributed by atoms with van der Waals surface area (Å²) in [6, 6.07) is 16.0. The van der Waals surface area contributed by atoms with Gasteiger partial charge < -0.3 is 9.47 Å². The van der Waals surface area contributed by atoms with Crippen LogP contribution in [0.4, 0.5) is 0 Å². The van der Waals surface area contributed by atoms with Crippen molar-refractivity contribution in [3.8, 4) is 17.6 Å². The second-order valence-electron chi connectivity index (χ2n) is 4.41. The van der Waals surface area contributed by atoms with Crippen LogP contribution in [0, 0.1) is 11.3 Å². The lowest BCUT2D eigenvalue weighted by Gasteiger charge is -2.04. The quantitative estimate of drug-likeness (QED) is 0.604. The Morgan fingerprint density at radius 3 is 2.59 bits per heavy atom. The Bertz CT molecular complexity index is 712. The zero-order valence-corrected chi connectivity index (χ0v) is 12.2. The smallest absolute Gasteiger partial charge is 0.185 e. The predicted octanol–water partition coefficient (Wildman–Crippen LogP) is 3.49. The molecule has 0 spiro atoms. The molecule has 2 aromatic rings. The summed E-state index contributed by atoms with van der Waals surface area (Å²) in [6.45, 7) is -0.0129. The molecule has 0 radical (unpaired) electrons. The summed E-state index contributed by atoms with van der Waals surface area (Å²) in [5, 5.41) is 8.44. The molecular weight excluding hydrogens is 278 g/mol. The summed E-state index contributed by atoms with van der Waals surface area (Å²) >= 11 is 0. The van der Waals surface area contributed by atoms with Gasteiger partial charge in [-0.15, -0.1) is 0 Å². The number of hydrogen-bond acceptors (Lipinski definition) is 4. The van der Waals surface area contributed by atoms with E-state index in [9.17, 15) is 4.79 Å². The van der Waals surface area contributed by atoms with Gasteiger partial charge in [0.1, 0.15) is 17.6 Å². The number of carbonyl (C=O) groups is 1. The highest BCUT2D eigenvalue weighted by molar-refractivity contribution is 6.07. The van der Waals surface area contributed by atoms with Crippen LogP contribution in [0.5, 0.6) is 11.5 Å². The Labute approximate surface area is 129 Å². The number of rotatable bonds is 6. The number of nitrogens with zero attached hydrogens (tertiary/aromatic N) is 1. The first-order chi connectivity index (χ1) is 10.7. The molecule has 0 atom stereocenters. The monoisotopic (exact) mass is 293 g/mol. The van der Waals surface area contributed by atoms with Gasteiger partial charge in [0, 0.05) is 11.1 Å². The molecule has 4 heteroatoms. The number of allylic oxidation sites excluding steroid dienone is 1. The molecule has 0 fully saturated rings. The third-order valence-electron chi connectivity index (χ3n) is 3.00. The maximum Gasteiger partial charge on any atom is 0.185 e. The Morgan fingerprint density at radius 1 is 1.18 bits per heavy atom. The Kier molecular flexibility index (Phi) is 5.33. The van der Waals surface area contributed by atoms with Crippen molar-refractivity contribution in [2.24, 2.45) is 0 Å². The fourth-order valence-corrected chi connectivity index (χ4v) is 1.90. The molecular formula is C18H15NO3. The highest BCUT2D eigenvalue weighted by Crippen LogP contribution is 2.19. The molecule has 0 bridgehead atoms. The van der Waals surface area contributed by atoms with Crippen molar-refractivity contribution >= 4 is 11.9 Å². The zero-order valence-electron chi connectivity index (χ0n) is 12.2. The van der Waals surface area contributed by atoms with E-state index in [1.54, 1.807) is 37.5 Å². The lowest BCUT2D eigenvalue weighted by atomic mass is 10.1. The molecule has 0 saturated carbocycles. The minimum absolute atomic E-state index is 0.0129. The molecule has 110 valence electrons. The second kappa shape index (κ2) is 7.65. The molecule has 4 nitrogen and oxygen atoms in total. The van der Waals surface area contributed by atoms with Gasteiger partial charge in [0.2, 0.25) is 0 Å². The summed E-state index contributed by atoms with van der Waals surface area (Å²) < 4.78 is 10.4. The molecule has 0 heterocycles. The molecule has 2 aromatic carbocycles. The minimum atomic E-state index is -0.113. The van der Waals surface area contributed by atoms with Crippen LogP contribution in [0.2, 0.25) is 0 Å². The summed E-state index contributed by atoms with van der Waals surface area (Å²) in [4.78, 5) is 12.1. The topological polar surface area (TPSA) is 59.3 Å². The summed E-state index contributed by atoms with van der Waals surface area (Å²) in [7, 11) is 1.59. The first kappa shape index (κ1) is 15.3. The lowest BCUT2D eigenvalue weighted by Crippen LogP contribution is -1.96. The number of carbonyl (C=O) groups excluding carboxylic acids is 1. The number of benzene rings is 2. The van der Waals surface area contributed by atoms with Crippen molar-refractivity contribution in [2.75, 3.05) is 13.7 Å². The van der Waals surface area contributed by atoms with Crippen molar-refractivity contribution in [3.63, 3.8) is 0 Å². The third-order valence-corrected chi connectivity index (χ3v) is 3.00. The zero-order chi connectivity index (χ0) is 15.8. The van der Waals surface area contributed by atoms with Crippen LogP contribution in [0.3, 0.4) is 0 Å². The SMILES string of the molecule is COc1ccccc1/C=C/C(=O)c1ccc(OCC#N)cc1. The average Bonchev–Trinajstić information content (AvgIpc) is 2.58. The summed E-state index contributed by atoms with van der Waals surface area (Å²) in [6.07, 6.45) is 3.23. The molecule has 2 rings (SSSR count). The van der Waals surface area contributed by atoms with Gasteiger partial charge in [-0.3, -0.25) is 4.79 Å².